The van der Waals surface area contributed by atoms with E-state index in [1.165, 1.54) is 19.2 Å². The van der Waals surface area contributed by atoms with Gasteiger partial charge in [-0.3, -0.25) is 9.52 Å². The van der Waals surface area contributed by atoms with Gasteiger partial charge in [0.1, 0.15) is 5.75 Å². The smallest absolute Gasteiger partial charge is 0.262 e. The Bertz CT molecular complexity index is 1180. The van der Waals surface area contributed by atoms with Crippen LogP contribution in [0, 0.1) is 0 Å². The van der Waals surface area contributed by atoms with E-state index in [0.717, 1.165) is 0 Å². The van der Waals surface area contributed by atoms with Crippen molar-refractivity contribution in [2.45, 2.75) is 11.3 Å². The Morgan fingerprint density at radius 2 is 1.73 bits per heavy atom. The summed E-state index contributed by atoms with van der Waals surface area (Å²) in [6.07, 6.45) is 0.0628. The van der Waals surface area contributed by atoms with E-state index in [4.69, 9.17) is 27.9 Å². The lowest BCUT2D eigenvalue weighted by Gasteiger charge is -2.12. The fourth-order valence-corrected chi connectivity index (χ4v) is 4.15. The number of carbonyl (C=O) groups is 1. The molecule has 0 aliphatic rings. The highest BCUT2D eigenvalue weighted by Gasteiger charge is 2.17. The number of ether oxygens (including phenoxy) is 1. The van der Waals surface area contributed by atoms with E-state index in [0.29, 0.717) is 32.7 Å². The lowest BCUT2D eigenvalue weighted by molar-refractivity contribution is -0.115. The van der Waals surface area contributed by atoms with E-state index >= 15 is 0 Å². The molecule has 0 saturated heterocycles. The summed E-state index contributed by atoms with van der Waals surface area (Å²) in [6, 6.07) is 17.6. The number of amides is 1. The van der Waals surface area contributed by atoms with Gasteiger partial charge in [0.25, 0.3) is 10.0 Å². The number of nitrogens with one attached hydrogen (secondary N) is 2. The molecular weight excluding hydrogens is 447 g/mol. The van der Waals surface area contributed by atoms with Crippen molar-refractivity contribution in [3.8, 4) is 5.75 Å². The maximum absolute atomic E-state index is 12.8. The highest BCUT2D eigenvalue weighted by Crippen LogP contribution is 2.27. The van der Waals surface area contributed by atoms with Gasteiger partial charge in [-0.25, -0.2) is 8.42 Å². The SMILES string of the molecule is COc1ccccc1NS(=O)(=O)c1cccc(NC(=O)Cc2ccc(Cl)c(Cl)c2)c1. The Hall–Kier alpha value is -2.74. The number of rotatable bonds is 7. The first kappa shape index (κ1) is 22.0. The molecule has 0 bridgehead atoms. The van der Waals surface area contributed by atoms with Gasteiger partial charge in [-0.15, -0.1) is 0 Å². The molecule has 3 aromatic carbocycles. The van der Waals surface area contributed by atoms with Crippen molar-refractivity contribution < 1.29 is 17.9 Å². The van der Waals surface area contributed by atoms with Crippen molar-refractivity contribution in [1.29, 1.82) is 0 Å². The summed E-state index contributed by atoms with van der Waals surface area (Å²) < 4.78 is 33.2. The van der Waals surface area contributed by atoms with Crippen molar-refractivity contribution in [2.24, 2.45) is 0 Å². The van der Waals surface area contributed by atoms with Crippen molar-refractivity contribution in [3.05, 3.63) is 82.3 Å². The Labute approximate surface area is 184 Å². The highest BCUT2D eigenvalue weighted by molar-refractivity contribution is 7.92. The Balaban J connectivity index is 1.74. The van der Waals surface area contributed by atoms with Gasteiger partial charge in [-0.05, 0) is 48.0 Å². The highest BCUT2D eigenvalue weighted by atomic mass is 35.5. The minimum Gasteiger partial charge on any atom is -0.495 e. The zero-order valence-corrected chi connectivity index (χ0v) is 18.2. The van der Waals surface area contributed by atoms with Gasteiger partial charge in [0, 0.05) is 5.69 Å². The maximum Gasteiger partial charge on any atom is 0.262 e. The van der Waals surface area contributed by atoms with Crippen LogP contribution in [0.25, 0.3) is 0 Å². The van der Waals surface area contributed by atoms with Crippen molar-refractivity contribution in [2.75, 3.05) is 17.1 Å². The molecule has 0 fully saturated rings. The molecule has 2 N–H and O–H groups in total. The van der Waals surface area contributed by atoms with Gasteiger partial charge in [0.2, 0.25) is 5.91 Å². The Kier molecular flexibility index (Phi) is 6.87. The lowest BCUT2D eigenvalue weighted by atomic mass is 10.1. The molecule has 30 heavy (non-hydrogen) atoms. The first-order valence-corrected chi connectivity index (χ1v) is 11.0. The van der Waals surface area contributed by atoms with Crippen LogP contribution in [0.1, 0.15) is 5.56 Å². The van der Waals surface area contributed by atoms with Crippen LogP contribution in [0.15, 0.2) is 71.6 Å². The second-order valence-electron chi connectivity index (χ2n) is 6.31. The van der Waals surface area contributed by atoms with Crippen LogP contribution < -0.4 is 14.8 Å². The molecule has 0 aliphatic heterocycles. The molecule has 0 unspecified atom stereocenters. The third kappa shape index (κ3) is 5.44. The zero-order chi connectivity index (χ0) is 21.7. The molecule has 0 spiro atoms. The molecule has 0 heterocycles. The van der Waals surface area contributed by atoms with E-state index in [2.05, 4.69) is 10.0 Å². The minimum atomic E-state index is -3.89. The standard InChI is InChI=1S/C21H18Cl2N2O4S/c1-29-20-8-3-2-7-19(20)25-30(27,28)16-6-4-5-15(13-16)24-21(26)12-14-9-10-17(22)18(23)11-14/h2-11,13,25H,12H2,1H3,(H,24,26). The topological polar surface area (TPSA) is 84.5 Å². The van der Waals surface area contributed by atoms with Gasteiger partial charge in [-0.2, -0.15) is 0 Å². The van der Waals surface area contributed by atoms with E-state index in [-0.39, 0.29) is 17.2 Å². The van der Waals surface area contributed by atoms with Crippen molar-refractivity contribution >= 4 is 50.5 Å². The zero-order valence-electron chi connectivity index (χ0n) is 15.9. The normalized spacial score (nSPS) is 11.0. The number of methoxy groups -OCH3 is 1. The molecule has 0 saturated carbocycles. The summed E-state index contributed by atoms with van der Waals surface area (Å²) in [6.45, 7) is 0. The lowest BCUT2D eigenvalue weighted by Crippen LogP contribution is -2.16. The Morgan fingerprint density at radius 1 is 0.967 bits per heavy atom. The fraction of sp³-hybridized carbons (Fsp3) is 0.0952. The molecule has 9 heteroatoms. The van der Waals surface area contributed by atoms with Crippen molar-refractivity contribution in [3.63, 3.8) is 0 Å². The number of carbonyl (C=O) groups excluding carboxylic acids is 1. The quantitative estimate of drug-likeness (QED) is 0.515. The van der Waals surface area contributed by atoms with Crippen LogP contribution in [-0.2, 0) is 21.2 Å². The number of halogens is 2. The molecular formula is C21H18Cl2N2O4S. The fourth-order valence-electron chi connectivity index (χ4n) is 2.71. The number of anilines is 2. The summed E-state index contributed by atoms with van der Waals surface area (Å²) in [4.78, 5) is 12.3. The summed E-state index contributed by atoms with van der Waals surface area (Å²) in [7, 11) is -2.43. The summed E-state index contributed by atoms with van der Waals surface area (Å²) in [5.41, 5.74) is 1.35. The van der Waals surface area contributed by atoms with Gasteiger partial charge in [-0.1, -0.05) is 47.5 Å². The first-order chi connectivity index (χ1) is 14.3. The second kappa shape index (κ2) is 9.38. The number of para-hydroxylation sites is 2. The predicted molar refractivity (Wildman–Crippen MR) is 119 cm³/mol. The van der Waals surface area contributed by atoms with Crippen LogP contribution in [0.2, 0.25) is 10.0 Å². The Morgan fingerprint density at radius 3 is 2.47 bits per heavy atom. The molecule has 3 rings (SSSR count). The summed E-state index contributed by atoms with van der Waals surface area (Å²) >= 11 is 11.9. The van der Waals surface area contributed by atoms with Gasteiger partial charge in [0.05, 0.1) is 34.2 Å². The average molecular weight is 465 g/mol. The number of hydrogen-bond acceptors (Lipinski definition) is 4. The molecule has 0 atom stereocenters. The van der Waals surface area contributed by atoms with E-state index in [1.54, 1.807) is 54.6 Å². The van der Waals surface area contributed by atoms with Gasteiger partial charge >= 0.3 is 0 Å². The van der Waals surface area contributed by atoms with E-state index in [9.17, 15) is 13.2 Å². The third-order valence-corrected chi connectivity index (χ3v) is 6.23. The molecule has 3 aromatic rings. The van der Waals surface area contributed by atoms with Gasteiger partial charge in [0.15, 0.2) is 0 Å². The number of benzene rings is 3. The maximum atomic E-state index is 12.8. The second-order valence-corrected chi connectivity index (χ2v) is 8.80. The largest absolute Gasteiger partial charge is 0.495 e. The molecule has 0 radical (unpaired) electrons. The van der Waals surface area contributed by atoms with Crippen LogP contribution >= 0.6 is 23.2 Å². The number of sulfonamides is 1. The first-order valence-electron chi connectivity index (χ1n) is 8.78. The van der Waals surface area contributed by atoms with Gasteiger partial charge < -0.3 is 10.1 Å². The average Bonchev–Trinajstić information content (AvgIpc) is 2.71. The predicted octanol–water partition coefficient (Wildman–Crippen LogP) is 4.98. The minimum absolute atomic E-state index is 0.000688. The van der Waals surface area contributed by atoms with E-state index in [1.807, 2.05) is 0 Å². The molecule has 1 amide bonds. The monoisotopic (exact) mass is 464 g/mol. The molecule has 156 valence electrons. The molecule has 6 nitrogen and oxygen atoms in total. The summed E-state index contributed by atoms with van der Waals surface area (Å²) in [5, 5.41) is 3.45. The van der Waals surface area contributed by atoms with E-state index < -0.39 is 10.0 Å². The number of hydrogen-bond donors (Lipinski definition) is 2. The summed E-state index contributed by atoms with van der Waals surface area (Å²) in [5.74, 6) is 0.0767. The molecule has 0 aromatic heterocycles. The van der Waals surface area contributed by atoms with Crippen LogP contribution in [0.4, 0.5) is 11.4 Å². The van der Waals surface area contributed by atoms with Crippen LogP contribution in [0.5, 0.6) is 5.75 Å². The third-order valence-electron chi connectivity index (χ3n) is 4.13. The van der Waals surface area contributed by atoms with Crippen molar-refractivity contribution in [1.82, 2.24) is 0 Å². The molecule has 0 aliphatic carbocycles. The van der Waals surface area contributed by atoms with Crippen LogP contribution in [0.3, 0.4) is 0 Å². The van der Waals surface area contributed by atoms with Crippen LogP contribution in [-0.4, -0.2) is 21.4 Å².